The van der Waals surface area contributed by atoms with Crippen molar-refractivity contribution >= 4 is 10.9 Å². The van der Waals surface area contributed by atoms with Gasteiger partial charge in [0.25, 0.3) is 0 Å². The molecule has 0 fully saturated rings. The van der Waals surface area contributed by atoms with Gasteiger partial charge in [-0.15, -0.1) is 0 Å². The third kappa shape index (κ3) is 2.37. The molecule has 0 bridgehead atoms. The Morgan fingerprint density at radius 3 is 2.93 bits per heavy atom. The van der Waals surface area contributed by atoms with Crippen LogP contribution >= 0.6 is 0 Å². The van der Waals surface area contributed by atoms with E-state index in [1.54, 1.807) is 0 Å². The number of hydrogen-bond acceptors (Lipinski definition) is 2. The van der Waals surface area contributed by atoms with Crippen LogP contribution in [0, 0.1) is 0 Å². The van der Waals surface area contributed by atoms with Crippen molar-refractivity contribution in [2.24, 2.45) is 5.73 Å². The average molecular weight is 204 g/mol. The molecule has 1 aromatic heterocycles. The molecule has 0 unspecified atom stereocenters. The van der Waals surface area contributed by atoms with E-state index in [2.05, 4.69) is 29.4 Å². The van der Waals surface area contributed by atoms with Gasteiger partial charge in [-0.2, -0.15) is 0 Å². The number of fused-ring (bicyclic) bond motifs is 1. The summed E-state index contributed by atoms with van der Waals surface area (Å²) in [5.74, 6) is 0. The zero-order valence-electron chi connectivity index (χ0n) is 8.70. The van der Waals surface area contributed by atoms with E-state index in [1.165, 1.54) is 16.5 Å². The number of para-hydroxylation sites is 1. The Balaban J connectivity index is 2.02. The fraction of sp³-hybridized carbons (Fsp3) is 0.333. The van der Waals surface area contributed by atoms with Crippen LogP contribution in [-0.4, -0.2) is 24.7 Å². The number of aromatic nitrogens is 1. The van der Waals surface area contributed by atoms with Crippen molar-refractivity contribution in [2.45, 2.75) is 6.42 Å². The minimum absolute atomic E-state index is 0.591. The fourth-order valence-electron chi connectivity index (χ4n) is 1.71. The Bertz CT molecular complexity index is 422. The lowest BCUT2D eigenvalue weighted by Crippen LogP contribution is -2.09. The molecule has 0 aliphatic heterocycles. The molecule has 2 aromatic rings. The number of nitrogens with one attached hydrogen (secondary N) is 1. The lowest BCUT2D eigenvalue weighted by atomic mass is 10.1. The second-order valence-corrected chi connectivity index (χ2v) is 3.51. The van der Waals surface area contributed by atoms with E-state index in [1.807, 2.05) is 6.07 Å². The molecule has 80 valence electrons. The molecule has 2 rings (SSSR count). The fourth-order valence-corrected chi connectivity index (χ4v) is 1.71. The number of hydrogen-bond donors (Lipinski definition) is 2. The first-order valence-electron chi connectivity index (χ1n) is 5.24. The van der Waals surface area contributed by atoms with Crippen LogP contribution in [0.2, 0.25) is 0 Å². The first-order valence-corrected chi connectivity index (χ1v) is 5.24. The maximum absolute atomic E-state index is 5.37. The van der Waals surface area contributed by atoms with Gasteiger partial charge in [0, 0.05) is 23.6 Å². The highest BCUT2D eigenvalue weighted by molar-refractivity contribution is 5.82. The summed E-state index contributed by atoms with van der Waals surface area (Å²) < 4.78 is 5.37. The van der Waals surface area contributed by atoms with Crippen molar-refractivity contribution in [3.63, 3.8) is 0 Å². The van der Waals surface area contributed by atoms with Crippen LogP contribution in [0.25, 0.3) is 10.9 Å². The predicted octanol–water partition coefficient (Wildman–Crippen LogP) is 1.69. The maximum Gasteiger partial charge on any atom is 0.0588 e. The molecule has 3 N–H and O–H groups in total. The molecule has 3 heteroatoms. The summed E-state index contributed by atoms with van der Waals surface area (Å²) in [6, 6.07) is 8.30. The van der Waals surface area contributed by atoms with Crippen LogP contribution in [0.4, 0.5) is 0 Å². The number of rotatable bonds is 5. The van der Waals surface area contributed by atoms with Gasteiger partial charge in [0.05, 0.1) is 13.2 Å². The molecule has 0 radical (unpaired) electrons. The van der Waals surface area contributed by atoms with Crippen molar-refractivity contribution < 1.29 is 4.74 Å². The van der Waals surface area contributed by atoms with Crippen LogP contribution in [0.15, 0.2) is 30.5 Å². The normalized spacial score (nSPS) is 11.0. The molecule has 0 aliphatic rings. The maximum atomic E-state index is 5.37. The highest BCUT2D eigenvalue weighted by Gasteiger charge is 2.01. The highest BCUT2D eigenvalue weighted by atomic mass is 16.5. The standard InChI is InChI=1S/C12H16N2O/c13-6-8-15-7-5-10-9-14-12-4-2-1-3-11(10)12/h1-4,9,14H,5-8,13H2. The molecule has 0 saturated carbocycles. The van der Waals surface area contributed by atoms with Gasteiger partial charge in [-0.25, -0.2) is 0 Å². The Morgan fingerprint density at radius 1 is 1.20 bits per heavy atom. The zero-order chi connectivity index (χ0) is 10.5. The molecule has 15 heavy (non-hydrogen) atoms. The number of aromatic amines is 1. The minimum atomic E-state index is 0.591. The number of nitrogens with two attached hydrogens (primary N) is 1. The van der Waals surface area contributed by atoms with Crippen LogP contribution in [0.3, 0.4) is 0 Å². The Hall–Kier alpha value is -1.32. The van der Waals surface area contributed by atoms with Gasteiger partial charge in [-0.05, 0) is 18.1 Å². The number of benzene rings is 1. The van der Waals surface area contributed by atoms with Gasteiger partial charge in [0.15, 0.2) is 0 Å². The van der Waals surface area contributed by atoms with Crippen molar-refractivity contribution in [2.75, 3.05) is 19.8 Å². The van der Waals surface area contributed by atoms with Crippen molar-refractivity contribution in [1.82, 2.24) is 4.98 Å². The second-order valence-electron chi connectivity index (χ2n) is 3.51. The van der Waals surface area contributed by atoms with Crippen LogP contribution < -0.4 is 5.73 Å². The topological polar surface area (TPSA) is 51.0 Å². The van der Waals surface area contributed by atoms with Gasteiger partial charge in [0.1, 0.15) is 0 Å². The van der Waals surface area contributed by atoms with Crippen molar-refractivity contribution in [3.05, 3.63) is 36.0 Å². The number of H-pyrrole nitrogens is 1. The molecule has 0 aliphatic carbocycles. The smallest absolute Gasteiger partial charge is 0.0588 e. The first kappa shape index (κ1) is 10.2. The second kappa shape index (κ2) is 4.96. The lowest BCUT2D eigenvalue weighted by Gasteiger charge is -2.01. The highest BCUT2D eigenvalue weighted by Crippen LogP contribution is 2.17. The monoisotopic (exact) mass is 204 g/mol. The molecular formula is C12H16N2O. The van der Waals surface area contributed by atoms with Crippen LogP contribution in [0.1, 0.15) is 5.56 Å². The predicted molar refractivity (Wildman–Crippen MR) is 61.9 cm³/mol. The molecule has 0 amide bonds. The summed E-state index contributed by atoms with van der Waals surface area (Å²) in [7, 11) is 0. The first-order chi connectivity index (χ1) is 7.42. The lowest BCUT2D eigenvalue weighted by molar-refractivity contribution is 0.145. The third-order valence-corrected chi connectivity index (χ3v) is 2.45. The van der Waals surface area contributed by atoms with E-state index in [-0.39, 0.29) is 0 Å². The van der Waals surface area contributed by atoms with Crippen LogP contribution in [-0.2, 0) is 11.2 Å². The van der Waals surface area contributed by atoms with Gasteiger partial charge in [-0.3, -0.25) is 0 Å². The Morgan fingerprint density at radius 2 is 2.07 bits per heavy atom. The summed E-state index contributed by atoms with van der Waals surface area (Å²) in [6.45, 7) is 1.97. The Kier molecular flexibility index (Phi) is 3.37. The van der Waals surface area contributed by atoms with Crippen LogP contribution in [0.5, 0.6) is 0 Å². The van der Waals surface area contributed by atoms with E-state index in [0.717, 1.165) is 13.0 Å². The third-order valence-electron chi connectivity index (χ3n) is 2.45. The van der Waals surface area contributed by atoms with Crippen molar-refractivity contribution in [3.8, 4) is 0 Å². The molecule has 0 atom stereocenters. The Labute approximate surface area is 89.2 Å². The minimum Gasteiger partial charge on any atom is -0.380 e. The summed E-state index contributed by atoms with van der Waals surface area (Å²) in [6.07, 6.45) is 2.99. The van der Waals surface area contributed by atoms with E-state index in [4.69, 9.17) is 10.5 Å². The van der Waals surface area contributed by atoms with Gasteiger partial charge in [0.2, 0.25) is 0 Å². The molecule has 3 nitrogen and oxygen atoms in total. The summed E-state index contributed by atoms with van der Waals surface area (Å²) >= 11 is 0. The van der Waals surface area contributed by atoms with E-state index in [0.29, 0.717) is 13.2 Å². The molecule has 0 saturated heterocycles. The SMILES string of the molecule is NCCOCCc1c[nH]c2ccccc12. The van der Waals surface area contributed by atoms with E-state index >= 15 is 0 Å². The van der Waals surface area contributed by atoms with Gasteiger partial charge < -0.3 is 15.5 Å². The number of ether oxygens (including phenoxy) is 1. The molecule has 1 heterocycles. The quantitative estimate of drug-likeness (QED) is 0.728. The largest absolute Gasteiger partial charge is 0.380 e. The summed E-state index contributed by atoms with van der Waals surface area (Å²) in [5, 5.41) is 1.29. The zero-order valence-corrected chi connectivity index (χ0v) is 8.70. The molecular weight excluding hydrogens is 188 g/mol. The van der Waals surface area contributed by atoms with E-state index in [9.17, 15) is 0 Å². The summed E-state index contributed by atoms with van der Waals surface area (Å²) in [4.78, 5) is 3.25. The molecule has 1 aromatic carbocycles. The van der Waals surface area contributed by atoms with E-state index < -0.39 is 0 Å². The summed E-state index contributed by atoms with van der Waals surface area (Å²) in [5.41, 5.74) is 7.84. The van der Waals surface area contributed by atoms with Gasteiger partial charge in [-0.1, -0.05) is 18.2 Å². The molecule has 0 spiro atoms. The van der Waals surface area contributed by atoms with Gasteiger partial charge >= 0.3 is 0 Å². The van der Waals surface area contributed by atoms with Crippen molar-refractivity contribution in [1.29, 1.82) is 0 Å². The average Bonchev–Trinajstić information content (AvgIpc) is 2.68.